The molecule has 0 unspecified atom stereocenters. The number of aliphatic imine (C=N–C) groups is 1. The number of alkyl halides is 3. The van der Waals surface area contributed by atoms with Gasteiger partial charge in [-0.1, -0.05) is 30.4 Å². The highest BCUT2D eigenvalue weighted by Crippen LogP contribution is 2.32. The third-order valence-electron chi connectivity index (χ3n) is 1.82. The van der Waals surface area contributed by atoms with E-state index in [2.05, 4.69) is 4.99 Å². The van der Waals surface area contributed by atoms with E-state index in [4.69, 9.17) is 0 Å². The molecule has 0 aliphatic carbocycles. The molecule has 0 amide bonds. The molecule has 84 valence electrons. The van der Waals surface area contributed by atoms with Crippen LogP contribution in [0.3, 0.4) is 0 Å². The van der Waals surface area contributed by atoms with Crippen molar-refractivity contribution in [1.82, 2.24) is 0 Å². The molecule has 0 N–H and O–H groups in total. The fraction of sp³-hybridized carbons (Fsp3) is 0.182. The predicted molar refractivity (Wildman–Crippen MR) is 53.5 cm³/mol. The maximum Gasteiger partial charge on any atom is 0.416 e. The van der Waals surface area contributed by atoms with Crippen LogP contribution in [0.1, 0.15) is 11.1 Å². The van der Waals surface area contributed by atoms with Crippen molar-refractivity contribution in [3.63, 3.8) is 0 Å². The Morgan fingerprint density at radius 3 is 2.62 bits per heavy atom. The molecule has 0 spiro atoms. The van der Waals surface area contributed by atoms with Crippen LogP contribution in [0, 0.1) is 0 Å². The molecular weight excluding hydrogens is 219 g/mol. The van der Waals surface area contributed by atoms with Gasteiger partial charge in [0.05, 0.1) is 12.1 Å². The van der Waals surface area contributed by atoms with E-state index in [9.17, 15) is 18.0 Å². The fourth-order valence-corrected chi connectivity index (χ4v) is 1.17. The number of hydrogen-bond acceptors (Lipinski definition) is 2. The van der Waals surface area contributed by atoms with E-state index in [0.717, 1.165) is 6.07 Å². The van der Waals surface area contributed by atoms with Crippen molar-refractivity contribution < 1.29 is 18.0 Å². The molecule has 0 heterocycles. The van der Waals surface area contributed by atoms with E-state index in [1.54, 1.807) is 0 Å². The topological polar surface area (TPSA) is 29.4 Å². The van der Waals surface area contributed by atoms with Gasteiger partial charge < -0.3 is 0 Å². The normalized spacial score (nSPS) is 11.4. The van der Waals surface area contributed by atoms with E-state index < -0.39 is 11.7 Å². The van der Waals surface area contributed by atoms with Gasteiger partial charge >= 0.3 is 6.18 Å². The summed E-state index contributed by atoms with van der Waals surface area (Å²) in [5, 5.41) is 0. The predicted octanol–water partition coefficient (Wildman–Crippen LogP) is 3.05. The Morgan fingerprint density at radius 2 is 2.00 bits per heavy atom. The highest BCUT2D eigenvalue weighted by molar-refractivity contribution is 5.55. The molecule has 5 heteroatoms. The number of benzene rings is 1. The molecule has 16 heavy (non-hydrogen) atoms. The van der Waals surface area contributed by atoms with Gasteiger partial charge in [-0.3, -0.25) is 0 Å². The van der Waals surface area contributed by atoms with Crippen molar-refractivity contribution in [2.75, 3.05) is 6.54 Å². The molecular formula is C11H8F3NO. The number of carbonyl (C=O) groups excluding carboxylic acids is 1. The van der Waals surface area contributed by atoms with Gasteiger partial charge in [0.1, 0.15) is 0 Å². The van der Waals surface area contributed by atoms with E-state index in [1.165, 1.54) is 36.4 Å². The zero-order chi connectivity index (χ0) is 12.0. The second-order valence-electron chi connectivity index (χ2n) is 2.92. The third-order valence-corrected chi connectivity index (χ3v) is 1.82. The Labute approximate surface area is 90.1 Å². The Kier molecular flexibility index (Phi) is 4.03. The highest BCUT2D eigenvalue weighted by atomic mass is 19.4. The average molecular weight is 227 g/mol. The molecule has 0 radical (unpaired) electrons. The molecule has 0 saturated heterocycles. The summed E-state index contributed by atoms with van der Waals surface area (Å²) < 4.78 is 37.5. The van der Waals surface area contributed by atoms with Gasteiger partial charge in [-0.2, -0.15) is 13.2 Å². The first-order valence-corrected chi connectivity index (χ1v) is 4.42. The molecule has 0 aliphatic heterocycles. The number of nitrogens with zero attached hydrogens (tertiary/aromatic N) is 1. The van der Waals surface area contributed by atoms with Gasteiger partial charge in [0, 0.05) is 0 Å². The Morgan fingerprint density at radius 1 is 1.31 bits per heavy atom. The van der Waals surface area contributed by atoms with E-state index in [0.29, 0.717) is 0 Å². The summed E-state index contributed by atoms with van der Waals surface area (Å²) >= 11 is 0. The van der Waals surface area contributed by atoms with Gasteiger partial charge in [-0.25, -0.2) is 9.79 Å². The van der Waals surface area contributed by atoms with Crippen LogP contribution < -0.4 is 0 Å². The first-order chi connectivity index (χ1) is 7.55. The second-order valence-corrected chi connectivity index (χ2v) is 2.92. The minimum absolute atomic E-state index is 0.0235. The van der Waals surface area contributed by atoms with Crippen LogP contribution in [-0.2, 0) is 11.0 Å². The third kappa shape index (κ3) is 3.37. The first-order valence-electron chi connectivity index (χ1n) is 4.42. The summed E-state index contributed by atoms with van der Waals surface area (Å²) in [6, 6.07) is 5.19. The molecule has 1 aromatic rings. The molecule has 1 rings (SSSR count). The van der Waals surface area contributed by atoms with Crippen molar-refractivity contribution in [3.05, 3.63) is 41.5 Å². The monoisotopic (exact) mass is 227 g/mol. The van der Waals surface area contributed by atoms with Gasteiger partial charge in [-0.05, 0) is 11.6 Å². The first kappa shape index (κ1) is 12.2. The van der Waals surface area contributed by atoms with Crippen LogP contribution in [-0.4, -0.2) is 12.6 Å². The standard InChI is InChI=1S/C11H8F3NO/c12-11(13,14)10-6-2-1-4-9(10)5-3-7-15-8-16/h1-6H,7H2/b5-3-. The van der Waals surface area contributed by atoms with Crippen molar-refractivity contribution in [1.29, 1.82) is 0 Å². The fourth-order valence-electron chi connectivity index (χ4n) is 1.17. The molecule has 0 aliphatic rings. The molecule has 1 aromatic carbocycles. The number of isocyanates is 1. The zero-order valence-corrected chi connectivity index (χ0v) is 8.16. The number of halogens is 3. The molecule has 0 atom stereocenters. The summed E-state index contributed by atoms with van der Waals surface area (Å²) in [4.78, 5) is 12.9. The van der Waals surface area contributed by atoms with Gasteiger partial charge in [0.2, 0.25) is 6.08 Å². The average Bonchev–Trinajstić information content (AvgIpc) is 2.24. The van der Waals surface area contributed by atoms with Crippen molar-refractivity contribution >= 4 is 12.2 Å². The lowest BCUT2D eigenvalue weighted by atomic mass is 10.1. The number of hydrogen-bond donors (Lipinski definition) is 0. The van der Waals surface area contributed by atoms with Gasteiger partial charge in [0.15, 0.2) is 0 Å². The van der Waals surface area contributed by atoms with Crippen molar-refractivity contribution in [2.45, 2.75) is 6.18 Å². The van der Waals surface area contributed by atoms with Crippen LogP contribution in [0.25, 0.3) is 6.08 Å². The van der Waals surface area contributed by atoms with Crippen LogP contribution in [0.5, 0.6) is 0 Å². The summed E-state index contributed by atoms with van der Waals surface area (Å²) in [6.45, 7) is 0.0235. The Balaban J connectivity index is 2.96. The highest BCUT2D eigenvalue weighted by Gasteiger charge is 2.32. The van der Waals surface area contributed by atoms with Gasteiger partial charge in [-0.15, -0.1) is 0 Å². The SMILES string of the molecule is O=C=NC/C=C\c1ccccc1C(F)(F)F. The minimum atomic E-state index is -4.38. The van der Waals surface area contributed by atoms with Crippen molar-refractivity contribution in [2.24, 2.45) is 4.99 Å². The molecule has 2 nitrogen and oxygen atoms in total. The minimum Gasteiger partial charge on any atom is -0.211 e. The lowest BCUT2D eigenvalue weighted by Crippen LogP contribution is -2.06. The van der Waals surface area contributed by atoms with E-state index >= 15 is 0 Å². The quantitative estimate of drug-likeness (QED) is 0.576. The summed E-state index contributed by atoms with van der Waals surface area (Å²) in [7, 11) is 0. The van der Waals surface area contributed by atoms with Crippen LogP contribution in [0.2, 0.25) is 0 Å². The maximum atomic E-state index is 12.5. The number of rotatable bonds is 3. The van der Waals surface area contributed by atoms with Gasteiger partial charge in [0.25, 0.3) is 0 Å². The molecule has 0 aromatic heterocycles. The smallest absolute Gasteiger partial charge is 0.211 e. The lowest BCUT2D eigenvalue weighted by Gasteiger charge is -2.09. The van der Waals surface area contributed by atoms with E-state index in [1.807, 2.05) is 0 Å². The Bertz CT molecular complexity index is 431. The lowest BCUT2D eigenvalue weighted by molar-refractivity contribution is -0.137. The summed E-state index contributed by atoms with van der Waals surface area (Å²) in [5.41, 5.74) is -0.655. The zero-order valence-electron chi connectivity index (χ0n) is 8.16. The molecule has 0 fully saturated rings. The molecule has 0 saturated carbocycles. The second kappa shape index (κ2) is 5.28. The summed E-state index contributed by atoms with van der Waals surface area (Å²) in [5.74, 6) is 0. The Hall–Kier alpha value is -1.87. The van der Waals surface area contributed by atoms with Crippen molar-refractivity contribution in [3.8, 4) is 0 Å². The maximum absolute atomic E-state index is 12.5. The van der Waals surface area contributed by atoms with E-state index in [-0.39, 0.29) is 12.1 Å². The van der Waals surface area contributed by atoms with Crippen LogP contribution >= 0.6 is 0 Å². The largest absolute Gasteiger partial charge is 0.416 e. The molecule has 0 bridgehead atoms. The van der Waals surface area contributed by atoms with Crippen LogP contribution in [0.15, 0.2) is 35.3 Å². The van der Waals surface area contributed by atoms with Crippen LogP contribution in [0.4, 0.5) is 13.2 Å². The summed E-state index contributed by atoms with van der Waals surface area (Å²) in [6.07, 6.45) is -0.428.